The third kappa shape index (κ3) is 4.44. The summed E-state index contributed by atoms with van der Waals surface area (Å²) in [4.78, 5) is 16.1. The molecule has 1 unspecified atom stereocenters. The van der Waals surface area contributed by atoms with Gasteiger partial charge in [0.2, 0.25) is 0 Å². The number of carboxylic acid groups (broad SMARTS) is 1. The van der Waals surface area contributed by atoms with Crippen molar-refractivity contribution in [2.45, 2.75) is 39.2 Å². The van der Waals surface area contributed by atoms with Crippen molar-refractivity contribution < 1.29 is 14.4 Å². The minimum atomic E-state index is -0.727. The third-order valence-electron chi connectivity index (χ3n) is 6.45. The van der Waals surface area contributed by atoms with E-state index in [-0.39, 0.29) is 5.92 Å². The molecule has 0 saturated carbocycles. The van der Waals surface area contributed by atoms with Gasteiger partial charge >= 0.3 is 5.97 Å². The zero-order valence-electron chi connectivity index (χ0n) is 19.1. The van der Waals surface area contributed by atoms with Crippen molar-refractivity contribution in [2.24, 2.45) is 5.92 Å². The van der Waals surface area contributed by atoms with Crippen molar-refractivity contribution >= 4 is 27.6 Å². The summed E-state index contributed by atoms with van der Waals surface area (Å²) in [7, 11) is 0. The summed E-state index contributed by atoms with van der Waals surface area (Å²) in [6.45, 7) is 2.61. The van der Waals surface area contributed by atoms with Gasteiger partial charge in [-0.05, 0) is 47.7 Å². The number of fused-ring (bicyclic) bond motifs is 2. The third-order valence-corrected chi connectivity index (χ3v) is 6.45. The Hall–Kier alpha value is -3.93. The van der Waals surface area contributed by atoms with Gasteiger partial charge in [0.05, 0.1) is 5.92 Å². The van der Waals surface area contributed by atoms with Crippen LogP contribution in [-0.2, 0) is 17.8 Å². The molecule has 6 heteroatoms. The van der Waals surface area contributed by atoms with Crippen LogP contribution in [0.4, 0.5) is 0 Å². The molecule has 34 heavy (non-hydrogen) atoms. The Morgan fingerprint density at radius 2 is 1.76 bits per heavy atom. The second-order valence-corrected chi connectivity index (χ2v) is 8.70. The van der Waals surface area contributed by atoms with E-state index in [1.54, 1.807) is 0 Å². The fourth-order valence-electron chi connectivity index (χ4n) is 4.59. The quantitative estimate of drug-likeness (QED) is 0.282. The minimum Gasteiger partial charge on any atom is -0.481 e. The van der Waals surface area contributed by atoms with E-state index in [2.05, 4.69) is 58.3 Å². The second-order valence-electron chi connectivity index (χ2n) is 8.70. The fourth-order valence-corrected chi connectivity index (χ4v) is 4.59. The molecule has 5 rings (SSSR count). The van der Waals surface area contributed by atoms with Gasteiger partial charge in [0.25, 0.3) is 5.89 Å². The number of aryl methyl sites for hydroxylation is 1. The molecule has 0 bridgehead atoms. The topological polar surface area (TPSA) is 81.2 Å². The van der Waals surface area contributed by atoms with Gasteiger partial charge < -0.3 is 14.2 Å². The van der Waals surface area contributed by atoms with Crippen LogP contribution in [0, 0.1) is 5.92 Å². The van der Waals surface area contributed by atoms with E-state index in [1.165, 1.54) is 10.8 Å². The predicted octanol–water partition coefficient (Wildman–Crippen LogP) is 6.33. The Morgan fingerprint density at radius 1 is 1.00 bits per heavy atom. The van der Waals surface area contributed by atoms with Crippen molar-refractivity contribution in [3.05, 3.63) is 84.2 Å². The number of aliphatic carboxylic acids is 1. The Labute approximate surface area is 197 Å². The summed E-state index contributed by atoms with van der Waals surface area (Å²) < 4.78 is 7.86. The summed E-state index contributed by atoms with van der Waals surface area (Å²) in [5.74, 6) is 0.0776. The van der Waals surface area contributed by atoms with Gasteiger partial charge in [-0.2, -0.15) is 4.98 Å². The Balaban J connectivity index is 1.40. The number of para-hydroxylation sites is 1. The molecule has 0 aliphatic heterocycles. The number of hydrogen-bond donors (Lipinski definition) is 1. The molecule has 0 radical (unpaired) electrons. The van der Waals surface area contributed by atoms with Crippen LogP contribution in [0.2, 0.25) is 0 Å². The van der Waals surface area contributed by atoms with Crippen LogP contribution >= 0.6 is 0 Å². The Morgan fingerprint density at radius 3 is 2.56 bits per heavy atom. The van der Waals surface area contributed by atoms with Crippen molar-refractivity contribution in [2.75, 3.05) is 0 Å². The van der Waals surface area contributed by atoms with Crippen LogP contribution in [0.3, 0.4) is 0 Å². The molecular weight excluding hydrogens is 426 g/mol. The first-order valence-corrected chi connectivity index (χ1v) is 11.7. The van der Waals surface area contributed by atoms with E-state index >= 15 is 0 Å². The fraction of sp³-hybridized carbons (Fsp3) is 0.250. The van der Waals surface area contributed by atoms with E-state index in [9.17, 15) is 9.90 Å². The van der Waals surface area contributed by atoms with Crippen LogP contribution in [0.5, 0.6) is 0 Å². The first-order chi connectivity index (χ1) is 16.6. The highest BCUT2D eigenvalue weighted by Crippen LogP contribution is 2.29. The largest absolute Gasteiger partial charge is 0.481 e. The number of hydrogen-bond acceptors (Lipinski definition) is 4. The first-order valence-electron chi connectivity index (χ1n) is 11.7. The van der Waals surface area contributed by atoms with Crippen LogP contribution < -0.4 is 0 Å². The van der Waals surface area contributed by atoms with Gasteiger partial charge in [0.1, 0.15) is 5.69 Å². The molecule has 5 aromatic rings. The molecule has 172 valence electrons. The van der Waals surface area contributed by atoms with Gasteiger partial charge in [-0.1, -0.05) is 72.7 Å². The number of benzene rings is 3. The lowest BCUT2D eigenvalue weighted by Gasteiger charge is -2.12. The van der Waals surface area contributed by atoms with Crippen LogP contribution in [0.15, 0.2) is 77.3 Å². The summed E-state index contributed by atoms with van der Waals surface area (Å²) in [5, 5.41) is 17.1. The molecule has 0 spiro atoms. The zero-order chi connectivity index (χ0) is 23.5. The summed E-state index contributed by atoms with van der Waals surface area (Å²) in [6, 6.07) is 24.9. The highest BCUT2D eigenvalue weighted by atomic mass is 16.5. The average molecular weight is 454 g/mol. The molecule has 0 aliphatic rings. The molecule has 3 aromatic carbocycles. The number of rotatable bonds is 9. The first kappa shape index (κ1) is 21.9. The lowest BCUT2D eigenvalue weighted by molar-refractivity contribution is -0.142. The molecular formula is C28H27N3O3. The molecule has 1 atom stereocenters. The maximum atomic E-state index is 11.4. The van der Waals surface area contributed by atoms with Crippen molar-refractivity contribution in [3.63, 3.8) is 0 Å². The van der Waals surface area contributed by atoms with Crippen molar-refractivity contribution in [3.8, 4) is 11.6 Å². The summed E-state index contributed by atoms with van der Waals surface area (Å²) >= 11 is 0. The van der Waals surface area contributed by atoms with Gasteiger partial charge in [0.15, 0.2) is 5.82 Å². The molecule has 0 aliphatic carbocycles. The van der Waals surface area contributed by atoms with Gasteiger partial charge in [-0.15, -0.1) is 0 Å². The maximum absolute atomic E-state index is 11.4. The van der Waals surface area contributed by atoms with E-state index in [0.29, 0.717) is 37.5 Å². The zero-order valence-corrected chi connectivity index (χ0v) is 19.1. The van der Waals surface area contributed by atoms with Crippen LogP contribution in [0.25, 0.3) is 33.3 Å². The summed E-state index contributed by atoms with van der Waals surface area (Å²) in [5.41, 5.74) is 3.07. The SMILES string of the molecule is CCC(CCCn1c(-c2nc(Cc3ccc4ccccc4c3)no2)cc2ccccc21)C(=O)O. The molecule has 6 nitrogen and oxygen atoms in total. The normalized spacial score (nSPS) is 12.4. The molecule has 0 fully saturated rings. The number of nitrogens with zero attached hydrogens (tertiary/aromatic N) is 3. The van der Waals surface area contributed by atoms with E-state index in [1.807, 2.05) is 31.2 Å². The lowest BCUT2D eigenvalue weighted by Crippen LogP contribution is -2.13. The molecule has 1 N–H and O–H groups in total. The van der Waals surface area contributed by atoms with Crippen molar-refractivity contribution in [1.82, 2.24) is 14.7 Å². The van der Waals surface area contributed by atoms with E-state index < -0.39 is 5.97 Å². The maximum Gasteiger partial charge on any atom is 0.306 e. The molecule has 0 saturated heterocycles. The van der Waals surface area contributed by atoms with E-state index in [0.717, 1.165) is 28.6 Å². The van der Waals surface area contributed by atoms with Crippen LogP contribution in [0.1, 0.15) is 37.6 Å². The Kier molecular flexibility index (Phi) is 6.12. The highest BCUT2D eigenvalue weighted by molar-refractivity contribution is 5.86. The summed E-state index contributed by atoms with van der Waals surface area (Å²) in [6.07, 6.45) is 2.62. The molecule has 0 amide bonds. The van der Waals surface area contributed by atoms with Crippen LogP contribution in [-0.4, -0.2) is 25.8 Å². The second kappa shape index (κ2) is 9.51. The van der Waals surface area contributed by atoms with Crippen molar-refractivity contribution in [1.29, 1.82) is 0 Å². The van der Waals surface area contributed by atoms with E-state index in [4.69, 9.17) is 9.51 Å². The lowest BCUT2D eigenvalue weighted by atomic mass is 10.0. The smallest absolute Gasteiger partial charge is 0.306 e. The monoisotopic (exact) mass is 453 g/mol. The molecule has 2 aromatic heterocycles. The van der Waals surface area contributed by atoms with Gasteiger partial charge in [-0.25, -0.2) is 0 Å². The van der Waals surface area contributed by atoms with Gasteiger partial charge in [0, 0.05) is 23.9 Å². The number of aromatic nitrogens is 3. The standard InChI is InChI=1S/C28H27N3O3/c1-2-20(28(32)33)11-7-15-31-24-12-6-5-10-23(24)18-25(31)27-29-26(30-34-27)17-19-13-14-21-8-3-4-9-22(21)16-19/h3-6,8-10,12-14,16,18,20H,2,7,11,15,17H2,1H3,(H,32,33). The molecule has 2 heterocycles. The predicted molar refractivity (Wildman–Crippen MR) is 133 cm³/mol. The number of carboxylic acids is 1. The average Bonchev–Trinajstić information content (AvgIpc) is 3.46. The highest BCUT2D eigenvalue weighted by Gasteiger charge is 2.19. The van der Waals surface area contributed by atoms with Gasteiger partial charge in [-0.3, -0.25) is 4.79 Å². The number of carbonyl (C=O) groups is 1. The Bertz CT molecular complexity index is 1450. The minimum absolute atomic E-state index is 0.317.